The van der Waals surface area contributed by atoms with E-state index in [0.717, 1.165) is 31.1 Å². The summed E-state index contributed by atoms with van der Waals surface area (Å²) in [6.07, 6.45) is 1.39. The zero-order chi connectivity index (χ0) is 19.6. The van der Waals surface area contributed by atoms with Crippen molar-refractivity contribution in [3.05, 3.63) is 29.3 Å². The largest absolute Gasteiger partial charge is 0.489 e. The average Bonchev–Trinajstić information content (AvgIpc) is 2.68. The van der Waals surface area contributed by atoms with Gasteiger partial charge in [0.1, 0.15) is 11.9 Å². The van der Waals surface area contributed by atoms with Crippen LogP contribution in [0.4, 0.5) is 4.79 Å². The van der Waals surface area contributed by atoms with Crippen LogP contribution in [0, 0.1) is 0 Å². The quantitative estimate of drug-likeness (QED) is 0.338. The number of ether oxygens (including phenoxy) is 2. The molecule has 0 aliphatic carbocycles. The Bertz CT molecular complexity index is 622. The van der Waals surface area contributed by atoms with Crippen molar-refractivity contribution in [2.24, 2.45) is 4.99 Å². The first-order valence-corrected chi connectivity index (χ1v) is 9.69. The van der Waals surface area contributed by atoms with E-state index < -0.39 is 0 Å². The number of guanidine groups is 1. The number of nitrogens with zero attached hydrogens (tertiary/aromatic N) is 2. The van der Waals surface area contributed by atoms with Crippen molar-refractivity contribution in [2.45, 2.75) is 38.8 Å². The first kappa shape index (κ1) is 24.6. The second-order valence-electron chi connectivity index (χ2n) is 6.48. The van der Waals surface area contributed by atoms with Crippen LogP contribution in [0.2, 0.25) is 5.02 Å². The van der Waals surface area contributed by atoms with Gasteiger partial charge in [-0.2, -0.15) is 0 Å². The van der Waals surface area contributed by atoms with Gasteiger partial charge < -0.3 is 25.0 Å². The molecule has 1 aliphatic heterocycles. The number of halogens is 2. The van der Waals surface area contributed by atoms with Crippen LogP contribution < -0.4 is 15.4 Å². The maximum atomic E-state index is 11.6. The highest BCUT2D eigenvalue weighted by molar-refractivity contribution is 14.0. The van der Waals surface area contributed by atoms with E-state index in [1.807, 2.05) is 26.0 Å². The molecule has 2 N–H and O–H groups in total. The molecule has 1 saturated heterocycles. The van der Waals surface area contributed by atoms with Crippen LogP contribution in [0.1, 0.15) is 26.7 Å². The van der Waals surface area contributed by atoms with E-state index in [2.05, 4.69) is 15.6 Å². The van der Waals surface area contributed by atoms with Gasteiger partial charge in [0, 0.05) is 30.7 Å². The molecule has 0 radical (unpaired) electrons. The number of methoxy groups -OCH3 is 1. The van der Waals surface area contributed by atoms with Crippen LogP contribution in [0.25, 0.3) is 0 Å². The molecule has 9 heteroatoms. The minimum Gasteiger partial charge on any atom is -0.489 e. The summed E-state index contributed by atoms with van der Waals surface area (Å²) in [5.74, 6) is 1.54. The lowest BCUT2D eigenvalue weighted by molar-refractivity contribution is 0.111. The monoisotopic (exact) mass is 524 g/mol. The molecule has 1 aromatic rings. The molecule has 1 atom stereocenters. The Kier molecular flexibility index (Phi) is 11.4. The number of aliphatic imine (C=N–C) groups is 1. The lowest BCUT2D eigenvalue weighted by atomic mass is 10.1. The standard InChI is InChI=1S/C19H29ClN4O3.HI/c1-4-21-18(23-16-9-11-24(12-10-16)19(25)26-3)22-13-14(2)27-17-7-5-15(20)6-8-17;/h5-8,14,16H,4,9-13H2,1-3H3,(H2,21,22,23);1H. The Labute approximate surface area is 189 Å². The molecule has 1 unspecified atom stereocenters. The molecule has 1 heterocycles. The van der Waals surface area contributed by atoms with Gasteiger partial charge in [0.05, 0.1) is 13.7 Å². The van der Waals surface area contributed by atoms with Crippen LogP contribution in [-0.4, -0.2) is 62.4 Å². The van der Waals surface area contributed by atoms with Crippen LogP contribution in [0.5, 0.6) is 5.75 Å². The number of likely N-dealkylation sites (tertiary alicyclic amines) is 1. The summed E-state index contributed by atoms with van der Waals surface area (Å²) >= 11 is 5.89. The number of benzene rings is 1. The lowest BCUT2D eigenvalue weighted by Gasteiger charge is -2.32. The van der Waals surface area contributed by atoms with Gasteiger partial charge in [-0.3, -0.25) is 0 Å². The maximum absolute atomic E-state index is 11.6. The Hall–Kier alpha value is -1.42. The third kappa shape index (κ3) is 8.30. The molecule has 0 bridgehead atoms. The Balaban J connectivity index is 0.00000392. The van der Waals surface area contributed by atoms with Gasteiger partial charge in [0.25, 0.3) is 0 Å². The Morgan fingerprint density at radius 3 is 2.54 bits per heavy atom. The number of amides is 1. The molecule has 1 fully saturated rings. The summed E-state index contributed by atoms with van der Waals surface area (Å²) in [5, 5.41) is 7.40. The fourth-order valence-corrected chi connectivity index (χ4v) is 2.98. The fraction of sp³-hybridized carbons (Fsp3) is 0.579. The molecule has 28 heavy (non-hydrogen) atoms. The number of piperidine rings is 1. The van der Waals surface area contributed by atoms with E-state index in [1.165, 1.54) is 7.11 Å². The number of carbonyl (C=O) groups is 1. The smallest absolute Gasteiger partial charge is 0.409 e. The second kappa shape index (κ2) is 12.9. The summed E-state index contributed by atoms with van der Waals surface area (Å²) in [6, 6.07) is 7.58. The number of nitrogens with one attached hydrogen (secondary N) is 2. The number of hydrogen-bond donors (Lipinski definition) is 2. The molecular formula is C19H30ClIN4O3. The molecule has 2 rings (SSSR count). The molecule has 7 nitrogen and oxygen atoms in total. The normalized spacial score (nSPS) is 16.0. The minimum absolute atomic E-state index is 0. The van der Waals surface area contributed by atoms with Crippen LogP contribution in [-0.2, 0) is 4.74 Å². The summed E-state index contributed by atoms with van der Waals surface area (Å²) < 4.78 is 10.6. The topological polar surface area (TPSA) is 75.2 Å². The van der Waals surface area contributed by atoms with Gasteiger partial charge in [-0.25, -0.2) is 9.79 Å². The van der Waals surface area contributed by atoms with Gasteiger partial charge in [-0.15, -0.1) is 24.0 Å². The summed E-state index contributed by atoms with van der Waals surface area (Å²) in [7, 11) is 1.41. The second-order valence-corrected chi connectivity index (χ2v) is 6.91. The van der Waals surface area contributed by atoms with Gasteiger partial charge in [0.15, 0.2) is 5.96 Å². The van der Waals surface area contributed by atoms with Gasteiger partial charge >= 0.3 is 6.09 Å². The first-order chi connectivity index (χ1) is 13.0. The van der Waals surface area contributed by atoms with Crippen molar-refractivity contribution in [1.29, 1.82) is 0 Å². The van der Waals surface area contributed by atoms with Crippen molar-refractivity contribution in [3.8, 4) is 5.75 Å². The average molecular weight is 525 g/mol. The molecule has 0 spiro atoms. The van der Waals surface area contributed by atoms with Crippen molar-refractivity contribution < 1.29 is 14.3 Å². The van der Waals surface area contributed by atoms with Crippen molar-refractivity contribution in [2.75, 3.05) is 33.3 Å². The lowest BCUT2D eigenvalue weighted by Crippen LogP contribution is -2.50. The first-order valence-electron chi connectivity index (χ1n) is 9.31. The van der Waals surface area contributed by atoms with Crippen molar-refractivity contribution >= 4 is 47.6 Å². The van der Waals surface area contributed by atoms with E-state index >= 15 is 0 Å². The summed E-state index contributed by atoms with van der Waals surface area (Å²) in [5.41, 5.74) is 0. The molecule has 1 amide bonds. The van der Waals surface area contributed by atoms with Crippen molar-refractivity contribution in [3.63, 3.8) is 0 Å². The molecular weight excluding hydrogens is 495 g/mol. The maximum Gasteiger partial charge on any atom is 0.409 e. The molecule has 1 aliphatic rings. The SMILES string of the molecule is CCNC(=NCC(C)Oc1ccc(Cl)cc1)NC1CCN(C(=O)OC)CC1.I. The predicted molar refractivity (Wildman–Crippen MR) is 123 cm³/mol. The zero-order valence-electron chi connectivity index (χ0n) is 16.6. The van der Waals surface area contributed by atoms with Crippen LogP contribution in [0.15, 0.2) is 29.3 Å². The van der Waals surface area contributed by atoms with Crippen LogP contribution >= 0.6 is 35.6 Å². The van der Waals surface area contributed by atoms with Gasteiger partial charge in [0.2, 0.25) is 0 Å². The third-order valence-electron chi connectivity index (χ3n) is 4.27. The van der Waals surface area contributed by atoms with Gasteiger partial charge in [-0.05, 0) is 51.0 Å². The van der Waals surface area contributed by atoms with E-state index in [0.29, 0.717) is 24.7 Å². The van der Waals surface area contributed by atoms with E-state index in [-0.39, 0.29) is 42.2 Å². The highest BCUT2D eigenvalue weighted by Gasteiger charge is 2.23. The Morgan fingerprint density at radius 1 is 1.32 bits per heavy atom. The summed E-state index contributed by atoms with van der Waals surface area (Å²) in [4.78, 5) is 17.9. The fourth-order valence-electron chi connectivity index (χ4n) is 2.85. The van der Waals surface area contributed by atoms with E-state index in [9.17, 15) is 4.79 Å². The molecule has 0 aromatic heterocycles. The van der Waals surface area contributed by atoms with E-state index in [4.69, 9.17) is 21.1 Å². The van der Waals surface area contributed by atoms with E-state index in [1.54, 1.807) is 17.0 Å². The van der Waals surface area contributed by atoms with Gasteiger partial charge in [-0.1, -0.05) is 11.6 Å². The predicted octanol–water partition coefficient (Wildman–Crippen LogP) is 3.51. The highest BCUT2D eigenvalue weighted by Crippen LogP contribution is 2.17. The number of hydrogen-bond acceptors (Lipinski definition) is 4. The number of carbonyl (C=O) groups excluding carboxylic acids is 1. The molecule has 1 aromatic carbocycles. The molecule has 158 valence electrons. The third-order valence-corrected chi connectivity index (χ3v) is 4.52. The highest BCUT2D eigenvalue weighted by atomic mass is 127. The summed E-state index contributed by atoms with van der Waals surface area (Å²) in [6.45, 7) is 6.68. The molecule has 0 saturated carbocycles. The van der Waals surface area contributed by atoms with Crippen molar-refractivity contribution in [1.82, 2.24) is 15.5 Å². The van der Waals surface area contributed by atoms with Crippen LogP contribution in [0.3, 0.4) is 0 Å². The zero-order valence-corrected chi connectivity index (χ0v) is 19.7. The minimum atomic E-state index is -0.262. The number of rotatable bonds is 6. The Morgan fingerprint density at radius 2 is 1.96 bits per heavy atom.